The number of benzene rings is 1. The van der Waals surface area contributed by atoms with Gasteiger partial charge in [0.1, 0.15) is 0 Å². The Balaban J connectivity index is 2.21. The standard InChI is InChI=1S/C17H22N2O5S/c1-4-8-19(14-7-9-25(22,23)11-14)17(21)18-15-10-13(16(20)24-3)6-5-12(15)2/h4-6,10,14H,1,7-9,11H2,2-3H3,(H,18,21). The van der Waals surface area contributed by atoms with Gasteiger partial charge in [-0.05, 0) is 31.0 Å². The van der Waals surface area contributed by atoms with Gasteiger partial charge in [-0.2, -0.15) is 0 Å². The normalized spacial score (nSPS) is 18.4. The van der Waals surface area contributed by atoms with Gasteiger partial charge in [0, 0.05) is 18.3 Å². The van der Waals surface area contributed by atoms with Gasteiger partial charge in [0.15, 0.2) is 9.84 Å². The summed E-state index contributed by atoms with van der Waals surface area (Å²) < 4.78 is 28.1. The van der Waals surface area contributed by atoms with Crippen LogP contribution in [0.25, 0.3) is 0 Å². The molecular formula is C17H22N2O5S. The highest BCUT2D eigenvalue weighted by atomic mass is 32.2. The van der Waals surface area contributed by atoms with Crippen molar-refractivity contribution in [2.24, 2.45) is 0 Å². The van der Waals surface area contributed by atoms with Crippen LogP contribution >= 0.6 is 0 Å². The van der Waals surface area contributed by atoms with E-state index in [0.717, 1.165) is 5.56 Å². The molecule has 1 unspecified atom stereocenters. The lowest BCUT2D eigenvalue weighted by atomic mass is 10.1. The number of sulfone groups is 1. The Labute approximate surface area is 147 Å². The summed E-state index contributed by atoms with van der Waals surface area (Å²) >= 11 is 0. The third-order valence-electron chi connectivity index (χ3n) is 4.14. The molecule has 25 heavy (non-hydrogen) atoms. The Bertz CT molecular complexity index is 788. The van der Waals surface area contributed by atoms with Gasteiger partial charge in [-0.3, -0.25) is 0 Å². The fourth-order valence-electron chi connectivity index (χ4n) is 2.75. The number of carbonyl (C=O) groups excluding carboxylic acids is 2. The number of nitrogens with zero attached hydrogens (tertiary/aromatic N) is 1. The van der Waals surface area contributed by atoms with Crippen molar-refractivity contribution >= 4 is 27.5 Å². The molecule has 1 fully saturated rings. The quantitative estimate of drug-likeness (QED) is 0.635. The van der Waals surface area contributed by atoms with Crippen molar-refractivity contribution in [3.63, 3.8) is 0 Å². The van der Waals surface area contributed by atoms with Crippen LogP contribution in [0.1, 0.15) is 22.3 Å². The van der Waals surface area contributed by atoms with Crippen LogP contribution in [0.2, 0.25) is 0 Å². The minimum atomic E-state index is -3.11. The molecule has 0 aromatic heterocycles. The third kappa shape index (κ3) is 4.60. The second-order valence-corrected chi connectivity index (χ2v) is 8.18. The summed E-state index contributed by atoms with van der Waals surface area (Å²) in [7, 11) is -1.83. The van der Waals surface area contributed by atoms with E-state index in [4.69, 9.17) is 0 Å². The molecule has 7 nitrogen and oxygen atoms in total. The number of hydrogen-bond donors (Lipinski definition) is 1. The average molecular weight is 366 g/mol. The lowest BCUT2D eigenvalue weighted by Crippen LogP contribution is -2.43. The highest BCUT2D eigenvalue weighted by molar-refractivity contribution is 7.91. The van der Waals surface area contributed by atoms with Crippen LogP contribution in [0.15, 0.2) is 30.9 Å². The first-order chi connectivity index (χ1) is 11.8. The second kappa shape index (κ2) is 7.69. The van der Waals surface area contributed by atoms with Gasteiger partial charge in [0.2, 0.25) is 0 Å². The van der Waals surface area contributed by atoms with Crippen molar-refractivity contribution in [3.8, 4) is 0 Å². The summed E-state index contributed by atoms with van der Waals surface area (Å²) in [5.74, 6) is -0.467. The number of carbonyl (C=O) groups is 2. The Kier molecular flexibility index (Phi) is 5.84. The molecule has 1 aromatic carbocycles. The van der Waals surface area contributed by atoms with Crippen molar-refractivity contribution in [2.45, 2.75) is 19.4 Å². The summed E-state index contributed by atoms with van der Waals surface area (Å²) in [6, 6.07) is 4.05. The topological polar surface area (TPSA) is 92.8 Å². The van der Waals surface area contributed by atoms with Crippen LogP contribution in [0.4, 0.5) is 10.5 Å². The molecule has 0 bridgehead atoms. The first-order valence-electron chi connectivity index (χ1n) is 7.85. The molecule has 1 aromatic rings. The molecule has 0 spiro atoms. The monoisotopic (exact) mass is 366 g/mol. The van der Waals surface area contributed by atoms with Gasteiger partial charge in [-0.15, -0.1) is 6.58 Å². The average Bonchev–Trinajstić information content (AvgIpc) is 2.93. The summed E-state index contributed by atoms with van der Waals surface area (Å²) in [5, 5.41) is 2.76. The number of rotatable bonds is 5. The highest BCUT2D eigenvalue weighted by Gasteiger charge is 2.34. The zero-order chi connectivity index (χ0) is 18.6. The van der Waals surface area contributed by atoms with E-state index in [1.165, 1.54) is 18.1 Å². The predicted octanol–water partition coefficient (Wildman–Crippen LogP) is 1.99. The van der Waals surface area contributed by atoms with Crippen LogP contribution in [0.5, 0.6) is 0 Å². The third-order valence-corrected chi connectivity index (χ3v) is 5.89. The Hall–Kier alpha value is -2.35. The molecule has 1 aliphatic rings. The summed E-state index contributed by atoms with van der Waals surface area (Å²) in [6.07, 6.45) is 1.97. The van der Waals surface area contributed by atoms with Gasteiger partial charge in [-0.1, -0.05) is 12.1 Å². The first-order valence-corrected chi connectivity index (χ1v) is 9.67. The molecule has 1 saturated heterocycles. The molecule has 2 rings (SSSR count). The van der Waals surface area contributed by atoms with E-state index >= 15 is 0 Å². The SMILES string of the molecule is C=CCN(C(=O)Nc1cc(C(=O)OC)ccc1C)C1CCS(=O)(=O)C1. The predicted molar refractivity (Wildman–Crippen MR) is 95.5 cm³/mol. The van der Waals surface area contributed by atoms with E-state index in [-0.39, 0.29) is 24.1 Å². The van der Waals surface area contributed by atoms with E-state index < -0.39 is 21.8 Å². The zero-order valence-electron chi connectivity index (χ0n) is 14.3. The second-order valence-electron chi connectivity index (χ2n) is 5.95. The van der Waals surface area contributed by atoms with Gasteiger partial charge >= 0.3 is 12.0 Å². The number of hydrogen-bond acceptors (Lipinski definition) is 5. The lowest BCUT2D eigenvalue weighted by molar-refractivity contribution is 0.0600. The number of aryl methyl sites for hydroxylation is 1. The zero-order valence-corrected chi connectivity index (χ0v) is 15.1. The lowest BCUT2D eigenvalue weighted by Gasteiger charge is -2.27. The largest absolute Gasteiger partial charge is 0.465 e. The van der Waals surface area contributed by atoms with Gasteiger partial charge < -0.3 is 15.0 Å². The summed E-state index contributed by atoms with van der Waals surface area (Å²) in [6.45, 7) is 5.67. The molecule has 0 aliphatic carbocycles. The Morgan fingerprint density at radius 2 is 2.16 bits per heavy atom. The molecule has 1 aliphatic heterocycles. The highest BCUT2D eigenvalue weighted by Crippen LogP contribution is 2.21. The van der Waals surface area contributed by atoms with Crippen LogP contribution in [0.3, 0.4) is 0 Å². The minimum absolute atomic E-state index is 0.0462. The Morgan fingerprint density at radius 1 is 1.44 bits per heavy atom. The van der Waals surface area contributed by atoms with E-state index in [1.807, 2.05) is 0 Å². The maximum atomic E-state index is 12.7. The van der Waals surface area contributed by atoms with Crippen molar-refractivity contribution in [3.05, 3.63) is 42.0 Å². The summed E-state index contributed by atoms with van der Waals surface area (Å²) in [4.78, 5) is 25.8. The number of methoxy groups -OCH3 is 1. The smallest absolute Gasteiger partial charge is 0.337 e. The molecule has 1 heterocycles. The number of urea groups is 1. The van der Waals surface area contributed by atoms with Crippen molar-refractivity contribution in [1.82, 2.24) is 4.90 Å². The van der Waals surface area contributed by atoms with Crippen LogP contribution in [-0.2, 0) is 14.6 Å². The van der Waals surface area contributed by atoms with Crippen molar-refractivity contribution in [2.75, 3.05) is 30.5 Å². The fraction of sp³-hybridized carbons (Fsp3) is 0.412. The van der Waals surface area contributed by atoms with E-state index in [2.05, 4.69) is 16.6 Å². The van der Waals surface area contributed by atoms with Gasteiger partial charge in [0.25, 0.3) is 0 Å². The molecule has 0 saturated carbocycles. The molecule has 136 valence electrons. The number of amides is 2. The van der Waals surface area contributed by atoms with Gasteiger partial charge in [0.05, 0.1) is 24.2 Å². The van der Waals surface area contributed by atoms with Crippen molar-refractivity contribution in [1.29, 1.82) is 0 Å². The fourth-order valence-corrected chi connectivity index (χ4v) is 4.48. The number of esters is 1. The molecule has 1 atom stereocenters. The van der Waals surface area contributed by atoms with E-state index in [0.29, 0.717) is 17.7 Å². The van der Waals surface area contributed by atoms with Crippen LogP contribution in [-0.4, -0.2) is 56.5 Å². The van der Waals surface area contributed by atoms with Crippen molar-refractivity contribution < 1.29 is 22.7 Å². The van der Waals surface area contributed by atoms with E-state index in [1.54, 1.807) is 25.1 Å². The molecular weight excluding hydrogens is 344 g/mol. The number of nitrogens with one attached hydrogen (secondary N) is 1. The van der Waals surface area contributed by atoms with Crippen LogP contribution in [0, 0.1) is 6.92 Å². The maximum absolute atomic E-state index is 12.7. The van der Waals surface area contributed by atoms with Crippen LogP contribution < -0.4 is 5.32 Å². The molecule has 2 amide bonds. The maximum Gasteiger partial charge on any atom is 0.337 e. The summed E-state index contributed by atoms with van der Waals surface area (Å²) in [5.41, 5.74) is 1.57. The molecule has 0 radical (unpaired) electrons. The Morgan fingerprint density at radius 3 is 2.72 bits per heavy atom. The molecule has 1 N–H and O–H groups in total. The van der Waals surface area contributed by atoms with Gasteiger partial charge in [-0.25, -0.2) is 18.0 Å². The van der Waals surface area contributed by atoms with E-state index in [9.17, 15) is 18.0 Å². The number of ether oxygens (including phenoxy) is 1. The minimum Gasteiger partial charge on any atom is -0.465 e. The first kappa shape index (κ1) is 19.0. The number of anilines is 1. The molecule has 8 heteroatoms.